The van der Waals surface area contributed by atoms with Crippen molar-refractivity contribution in [3.05, 3.63) is 0 Å². The Kier molecular flexibility index (Phi) is 1.69. The lowest BCUT2D eigenvalue weighted by Gasteiger charge is -2.26. The predicted molar refractivity (Wildman–Crippen MR) is 40.9 cm³/mol. The highest BCUT2D eigenvalue weighted by atomic mass is 16.5. The summed E-state index contributed by atoms with van der Waals surface area (Å²) in [5, 5.41) is 0. The molecule has 0 aromatic heterocycles. The topological polar surface area (TPSA) is 9.23 Å². The molecule has 2 atom stereocenters. The third-order valence-electron chi connectivity index (χ3n) is 3.18. The number of hydrogen-bond acceptors (Lipinski definition) is 1. The predicted octanol–water partition coefficient (Wildman–Crippen LogP) is 2.21. The molecule has 0 heterocycles. The van der Waals surface area contributed by atoms with E-state index in [2.05, 4.69) is 0 Å². The molecule has 0 aromatic carbocycles. The van der Waals surface area contributed by atoms with Gasteiger partial charge >= 0.3 is 0 Å². The Morgan fingerprint density at radius 1 is 1.00 bits per heavy atom. The highest BCUT2D eigenvalue weighted by Gasteiger charge is 2.33. The number of hydrogen-bond donors (Lipinski definition) is 0. The lowest BCUT2D eigenvalue weighted by atomic mass is 9.87. The van der Waals surface area contributed by atoms with E-state index in [1.807, 2.05) is 7.11 Å². The van der Waals surface area contributed by atoms with Crippen LogP contribution in [-0.4, -0.2) is 13.2 Å². The third kappa shape index (κ3) is 1.07. The van der Waals surface area contributed by atoms with Gasteiger partial charge in [0, 0.05) is 7.11 Å². The second kappa shape index (κ2) is 2.54. The minimum absolute atomic E-state index is 0.603. The zero-order valence-electron chi connectivity index (χ0n) is 6.68. The quantitative estimate of drug-likeness (QED) is 0.542. The average Bonchev–Trinajstić information content (AvgIpc) is 2.30. The van der Waals surface area contributed by atoms with Gasteiger partial charge in [-0.2, -0.15) is 0 Å². The molecule has 0 aliphatic heterocycles. The molecule has 0 N–H and O–H groups in total. The molecule has 2 aliphatic carbocycles. The molecule has 0 radical (unpaired) electrons. The molecule has 2 saturated carbocycles. The molecule has 0 spiro atoms. The first-order valence-corrected chi connectivity index (χ1v) is 4.41. The molecule has 0 amide bonds. The van der Waals surface area contributed by atoms with Crippen molar-refractivity contribution in [2.75, 3.05) is 7.11 Å². The van der Waals surface area contributed by atoms with Gasteiger partial charge in [-0.3, -0.25) is 0 Å². The van der Waals surface area contributed by atoms with E-state index in [0.717, 1.165) is 11.8 Å². The van der Waals surface area contributed by atoms with Crippen LogP contribution < -0.4 is 0 Å². The van der Waals surface area contributed by atoms with Gasteiger partial charge in [0.2, 0.25) is 0 Å². The second-order valence-electron chi connectivity index (χ2n) is 3.87. The van der Waals surface area contributed by atoms with Gasteiger partial charge in [-0.15, -0.1) is 0 Å². The van der Waals surface area contributed by atoms with Crippen LogP contribution in [0.5, 0.6) is 0 Å². The Balaban J connectivity index is 1.96. The molecule has 58 valence electrons. The fourth-order valence-corrected chi connectivity index (χ4v) is 2.64. The molecule has 1 heteroatoms. The summed E-state index contributed by atoms with van der Waals surface area (Å²) in [6.45, 7) is 0. The summed E-state index contributed by atoms with van der Waals surface area (Å²) < 4.78 is 5.37. The van der Waals surface area contributed by atoms with Crippen LogP contribution >= 0.6 is 0 Å². The van der Waals surface area contributed by atoms with Crippen molar-refractivity contribution in [3.63, 3.8) is 0 Å². The summed E-state index contributed by atoms with van der Waals surface area (Å²) in [4.78, 5) is 0. The Hall–Kier alpha value is -0.0400. The molecular weight excluding hydrogens is 124 g/mol. The molecule has 0 saturated heterocycles. The van der Waals surface area contributed by atoms with Crippen LogP contribution in [-0.2, 0) is 4.74 Å². The molecule has 2 unspecified atom stereocenters. The summed E-state index contributed by atoms with van der Waals surface area (Å²) >= 11 is 0. The van der Waals surface area contributed by atoms with Crippen molar-refractivity contribution in [1.82, 2.24) is 0 Å². The molecular formula is C9H16O. The van der Waals surface area contributed by atoms with Crippen molar-refractivity contribution in [2.45, 2.75) is 38.2 Å². The number of methoxy groups -OCH3 is 1. The van der Waals surface area contributed by atoms with Crippen LogP contribution in [0.4, 0.5) is 0 Å². The lowest BCUT2D eigenvalue weighted by Crippen LogP contribution is -2.21. The molecule has 1 nitrogen and oxygen atoms in total. The minimum Gasteiger partial charge on any atom is -0.381 e. The maximum absolute atomic E-state index is 5.37. The lowest BCUT2D eigenvalue weighted by molar-refractivity contribution is 0.0469. The Morgan fingerprint density at radius 2 is 1.60 bits per heavy atom. The Morgan fingerprint density at radius 3 is 2.10 bits per heavy atom. The molecule has 0 aromatic rings. The van der Waals surface area contributed by atoms with Crippen LogP contribution in [0.1, 0.15) is 32.1 Å². The van der Waals surface area contributed by atoms with E-state index in [-0.39, 0.29) is 0 Å². The van der Waals surface area contributed by atoms with Crippen LogP contribution in [0.3, 0.4) is 0 Å². The maximum atomic E-state index is 5.37. The zero-order valence-corrected chi connectivity index (χ0v) is 6.68. The normalized spacial score (nSPS) is 45.9. The molecule has 2 aliphatic rings. The van der Waals surface area contributed by atoms with Crippen molar-refractivity contribution >= 4 is 0 Å². The van der Waals surface area contributed by atoms with Gasteiger partial charge < -0.3 is 4.74 Å². The van der Waals surface area contributed by atoms with E-state index in [1.165, 1.54) is 32.1 Å². The zero-order chi connectivity index (χ0) is 6.97. The fraction of sp³-hybridized carbons (Fsp3) is 1.00. The second-order valence-corrected chi connectivity index (χ2v) is 3.87. The molecule has 2 bridgehead atoms. The summed E-state index contributed by atoms with van der Waals surface area (Å²) in [6, 6.07) is 0. The number of rotatable bonds is 1. The number of fused-ring (bicyclic) bond motifs is 2. The van der Waals surface area contributed by atoms with Gasteiger partial charge in [-0.1, -0.05) is 12.8 Å². The van der Waals surface area contributed by atoms with Gasteiger partial charge in [0.1, 0.15) is 0 Å². The summed E-state index contributed by atoms with van der Waals surface area (Å²) in [5.74, 6) is 2.03. The van der Waals surface area contributed by atoms with Gasteiger partial charge in [0.25, 0.3) is 0 Å². The van der Waals surface area contributed by atoms with E-state index < -0.39 is 0 Å². The van der Waals surface area contributed by atoms with Crippen LogP contribution in [0.25, 0.3) is 0 Å². The van der Waals surface area contributed by atoms with Gasteiger partial charge in [-0.05, 0) is 31.1 Å². The first-order chi connectivity index (χ1) is 4.88. The van der Waals surface area contributed by atoms with Gasteiger partial charge in [-0.25, -0.2) is 0 Å². The van der Waals surface area contributed by atoms with E-state index in [0.29, 0.717) is 6.10 Å². The standard InChI is InChI=1S/C9H16O/c1-10-9-5-7-2-3-8(4-7)6-9/h7-9H,2-6H2,1H3. The Labute approximate surface area is 62.8 Å². The number of ether oxygens (including phenoxy) is 1. The van der Waals surface area contributed by atoms with Gasteiger partial charge in [0.05, 0.1) is 6.10 Å². The maximum Gasteiger partial charge on any atom is 0.0576 e. The first-order valence-electron chi connectivity index (χ1n) is 4.41. The van der Waals surface area contributed by atoms with E-state index in [1.54, 1.807) is 0 Å². The highest BCUT2D eigenvalue weighted by Crippen LogP contribution is 2.42. The van der Waals surface area contributed by atoms with Crippen molar-refractivity contribution < 1.29 is 4.74 Å². The van der Waals surface area contributed by atoms with Crippen LogP contribution in [0, 0.1) is 11.8 Å². The minimum atomic E-state index is 0.603. The summed E-state index contributed by atoms with van der Waals surface area (Å²) in [5.41, 5.74) is 0. The largest absolute Gasteiger partial charge is 0.381 e. The Bertz CT molecular complexity index is 110. The molecule has 2 rings (SSSR count). The van der Waals surface area contributed by atoms with E-state index in [9.17, 15) is 0 Å². The summed E-state index contributed by atoms with van der Waals surface area (Å²) in [6.07, 6.45) is 7.74. The fourth-order valence-electron chi connectivity index (χ4n) is 2.64. The van der Waals surface area contributed by atoms with Crippen molar-refractivity contribution in [3.8, 4) is 0 Å². The molecule has 10 heavy (non-hydrogen) atoms. The van der Waals surface area contributed by atoms with Crippen molar-refractivity contribution in [1.29, 1.82) is 0 Å². The SMILES string of the molecule is COC1CC2CCC(C2)C1. The average molecular weight is 140 g/mol. The van der Waals surface area contributed by atoms with Gasteiger partial charge in [0.15, 0.2) is 0 Å². The smallest absolute Gasteiger partial charge is 0.0576 e. The first kappa shape index (κ1) is 6.66. The van der Waals surface area contributed by atoms with E-state index in [4.69, 9.17) is 4.74 Å². The van der Waals surface area contributed by atoms with Crippen molar-refractivity contribution in [2.24, 2.45) is 11.8 Å². The highest BCUT2D eigenvalue weighted by molar-refractivity contribution is 4.85. The van der Waals surface area contributed by atoms with Crippen LogP contribution in [0.15, 0.2) is 0 Å². The van der Waals surface area contributed by atoms with Crippen LogP contribution in [0.2, 0.25) is 0 Å². The monoisotopic (exact) mass is 140 g/mol. The summed E-state index contributed by atoms with van der Waals surface area (Å²) in [7, 11) is 1.86. The van der Waals surface area contributed by atoms with E-state index >= 15 is 0 Å². The third-order valence-corrected chi connectivity index (χ3v) is 3.18. The molecule has 2 fully saturated rings.